The van der Waals surface area contributed by atoms with Crippen LogP contribution in [0.25, 0.3) is 16.6 Å². The molecule has 1 aliphatic carbocycles. The number of fused-ring (bicyclic) bond motifs is 1. The van der Waals surface area contributed by atoms with Crippen LogP contribution in [-0.4, -0.2) is 60.3 Å². The van der Waals surface area contributed by atoms with Crippen LogP contribution in [0, 0.1) is 0 Å². The van der Waals surface area contributed by atoms with Crippen molar-refractivity contribution in [3.63, 3.8) is 0 Å². The third kappa shape index (κ3) is 4.90. The average molecular weight is 540 g/mol. The maximum atomic E-state index is 12.9. The molecule has 206 valence electrons. The minimum Gasteiger partial charge on any atom is -0.384 e. The molecule has 3 atom stereocenters. The van der Waals surface area contributed by atoms with Gasteiger partial charge in [-0.3, -0.25) is 9.59 Å². The number of aliphatic hydroxyl groups excluding tert-OH is 1. The number of hydrogen-bond acceptors (Lipinski definition) is 7. The first-order valence-electron chi connectivity index (χ1n) is 13.8. The topological polar surface area (TPSA) is 139 Å². The van der Waals surface area contributed by atoms with Crippen LogP contribution in [0.3, 0.4) is 0 Å². The van der Waals surface area contributed by atoms with Crippen LogP contribution >= 0.6 is 0 Å². The summed E-state index contributed by atoms with van der Waals surface area (Å²) in [6.07, 6.45) is 6.37. The van der Waals surface area contributed by atoms with Gasteiger partial charge < -0.3 is 21.1 Å². The zero-order valence-corrected chi connectivity index (χ0v) is 22.6. The number of nitrogens with zero attached hydrogens (tertiary/aromatic N) is 5. The van der Waals surface area contributed by atoms with Crippen LogP contribution in [0.2, 0.25) is 0 Å². The van der Waals surface area contributed by atoms with Crippen molar-refractivity contribution in [1.82, 2.24) is 24.6 Å². The van der Waals surface area contributed by atoms with Gasteiger partial charge in [-0.25, -0.2) is 14.6 Å². The number of nitrogens with two attached hydrogens (primary N) is 1. The van der Waals surface area contributed by atoms with Crippen molar-refractivity contribution in [2.24, 2.45) is 0 Å². The summed E-state index contributed by atoms with van der Waals surface area (Å²) in [5.41, 5.74) is 10.3. The summed E-state index contributed by atoms with van der Waals surface area (Å²) in [6, 6.07) is 13.1. The first-order chi connectivity index (χ1) is 19.3. The molecule has 2 aliphatic rings. The Kier molecular flexibility index (Phi) is 6.71. The molecule has 1 aliphatic heterocycles. The molecule has 4 heterocycles. The van der Waals surface area contributed by atoms with Gasteiger partial charge >= 0.3 is 0 Å². The molecule has 40 heavy (non-hydrogen) atoms. The summed E-state index contributed by atoms with van der Waals surface area (Å²) >= 11 is 0. The highest BCUT2D eigenvalue weighted by atomic mass is 16.3. The van der Waals surface area contributed by atoms with Crippen molar-refractivity contribution in [2.45, 2.75) is 63.5 Å². The van der Waals surface area contributed by atoms with E-state index in [2.05, 4.69) is 15.3 Å². The normalized spacial score (nSPS) is 19.9. The van der Waals surface area contributed by atoms with E-state index < -0.39 is 6.10 Å². The molecule has 1 aromatic carbocycles. The SMILES string of the molecule is CC(O)C(=O)N1CC(c2nn(-c3ccc(C(=O)Nc4cc(C5CC5)ccn4)cc3)c3c(N)nccc23)CCC1C. The van der Waals surface area contributed by atoms with Crippen LogP contribution in [0.4, 0.5) is 11.6 Å². The fourth-order valence-electron chi connectivity index (χ4n) is 5.61. The standard InChI is InChI=1S/C30H33N7O3/c1-17-3-4-22(16-36(17)30(40)18(2)38)26-24-12-14-33-28(31)27(24)37(35-26)23-9-7-20(8-10-23)29(39)34-25-15-21(11-13-32-25)19-5-6-19/h7-15,17-19,22,38H,3-6,16H2,1-2H3,(H2,31,33)(H,32,34,39). The maximum absolute atomic E-state index is 12.9. The molecule has 10 heteroatoms. The Hall–Kier alpha value is -4.31. The molecule has 6 rings (SSSR count). The first-order valence-corrected chi connectivity index (χ1v) is 13.8. The minimum absolute atomic E-state index is 0.0200. The number of piperidine rings is 1. The number of carbonyl (C=O) groups is 2. The lowest BCUT2D eigenvalue weighted by atomic mass is 9.89. The molecule has 0 spiro atoms. The Bertz CT molecular complexity index is 1580. The van der Waals surface area contributed by atoms with E-state index in [0.717, 1.165) is 29.6 Å². The molecule has 3 aromatic heterocycles. The molecular formula is C30H33N7O3. The van der Waals surface area contributed by atoms with Crippen LogP contribution in [0.15, 0.2) is 54.9 Å². The fourth-order valence-corrected chi connectivity index (χ4v) is 5.61. The number of pyridine rings is 2. The molecule has 0 bridgehead atoms. The minimum atomic E-state index is -1.05. The zero-order valence-electron chi connectivity index (χ0n) is 22.6. The second-order valence-corrected chi connectivity index (χ2v) is 10.9. The number of likely N-dealkylation sites (tertiary alicyclic amines) is 1. The summed E-state index contributed by atoms with van der Waals surface area (Å²) in [5, 5.41) is 18.7. The molecule has 3 unspecified atom stereocenters. The van der Waals surface area contributed by atoms with E-state index in [1.54, 1.807) is 34.1 Å². The number of anilines is 2. The number of aliphatic hydroxyl groups is 1. The molecule has 2 amide bonds. The summed E-state index contributed by atoms with van der Waals surface area (Å²) in [4.78, 5) is 35.9. The number of carbonyl (C=O) groups excluding carboxylic acids is 2. The second kappa shape index (κ2) is 10.3. The second-order valence-electron chi connectivity index (χ2n) is 10.9. The van der Waals surface area contributed by atoms with Gasteiger partial charge in [-0.15, -0.1) is 0 Å². The van der Waals surface area contributed by atoms with Crippen LogP contribution in [-0.2, 0) is 4.79 Å². The number of nitrogens with one attached hydrogen (secondary N) is 1. The van der Waals surface area contributed by atoms with Crippen molar-refractivity contribution >= 4 is 34.4 Å². The van der Waals surface area contributed by atoms with E-state index in [1.165, 1.54) is 25.3 Å². The lowest BCUT2D eigenvalue weighted by molar-refractivity contribution is -0.143. The zero-order chi connectivity index (χ0) is 28.0. The summed E-state index contributed by atoms with van der Waals surface area (Å²) in [6.45, 7) is 3.97. The van der Waals surface area contributed by atoms with Crippen molar-refractivity contribution in [3.05, 3.63) is 71.7 Å². The predicted molar refractivity (Wildman–Crippen MR) is 152 cm³/mol. The monoisotopic (exact) mass is 539 g/mol. The molecule has 4 aromatic rings. The van der Waals surface area contributed by atoms with Crippen LogP contribution in [0.5, 0.6) is 0 Å². The van der Waals surface area contributed by atoms with E-state index in [9.17, 15) is 14.7 Å². The van der Waals surface area contributed by atoms with Crippen molar-refractivity contribution in [2.75, 3.05) is 17.6 Å². The summed E-state index contributed by atoms with van der Waals surface area (Å²) < 4.78 is 1.76. The van der Waals surface area contributed by atoms with Gasteiger partial charge in [-0.05, 0) is 93.5 Å². The van der Waals surface area contributed by atoms with E-state index in [0.29, 0.717) is 35.2 Å². The summed E-state index contributed by atoms with van der Waals surface area (Å²) in [5.74, 6) is 0.940. The largest absolute Gasteiger partial charge is 0.384 e. The Morgan fingerprint density at radius 3 is 2.48 bits per heavy atom. The summed E-state index contributed by atoms with van der Waals surface area (Å²) in [7, 11) is 0. The maximum Gasteiger partial charge on any atom is 0.256 e. The molecule has 1 saturated heterocycles. The average Bonchev–Trinajstić information content (AvgIpc) is 3.74. The molecule has 10 nitrogen and oxygen atoms in total. The van der Waals surface area contributed by atoms with Crippen molar-refractivity contribution in [3.8, 4) is 5.69 Å². The van der Waals surface area contributed by atoms with Crippen molar-refractivity contribution < 1.29 is 14.7 Å². The Morgan fingerprint density at radius 2 is 1.75 bits per heavy atom. The van der Waals surface area contributed by atoms with Gasteiger partial charge in [0, 0.05) is 41.8 Å². The van der Waals surface area contributed by atoms with Gasteiger partial charge in [-0.1, -0.05) is 0 Å². The molecule has 2 fully saturated rings. The van der Waals surface area contributed by atoms with Gasteiger partial charge in [0.25, 0.3) is 11.8 Å². The number of aromatic nitrogens is 4. The number of hydrogen-bond donors (Lipinski definition) is 3. The van der Waals surface area contributed by atoms with E-state index in [-0.39, 0.29) is 23.8 Å². The molecular weight excluding hydrogens is 506 g/mol. The molecule has 4 N–H and O–H groups in total. The van der Waals surface area contributed by atoms with Gasteiger partial charge in [0.05, 0.1) is 11.4 Å². The number of rotatable bonds is 6. The highest BCUT2D eigenvalue weighted by Crippen LogP contribution is 2.40. The number of nitrogen functional groups attached to an aromatic ring is 1. The van der Waals surface area contributed by atoms with Crippen LogP contribution < -0.4 is 11.1 Å². The van der Waals surface area contributed by atoms with Gasteiger partial charge in [0.2, 0.25) is 0 Å². The van der Waals surface area contributed by atoms with Crippen molar-refractivity contribution in [1.29, 1.82) is 0 Å². The third-order valence-corrected chi connectivity index (χ3v) is 8.01. The molecule has 1 saturated carbocycles. The van der Waals surface area contributed by atoms with E-state index in [1.807, 2.05) is 37.3 Å². The van der Waals surface area contributed by atoms with Gasteiger partial charge in [0.1, 0.15) is 23.3 Å². The first kappa shape index (κ1) is 25.9. The fraction of sp³-hybridized carbons (Fsp3) is 0.367. The third-order valence-electron chi connectivity index (χ3n) is 8.01. The highest BCUT2D eigenvalue weighted by molar-refractivity contribution is 6.04. The lowest BCUT2D eigenvalue weighted by Crippen LogP contribution is -2.48. The lowest BCUT2D eigenvalue weighted by Gasteiger charge is -2.38. The van der Waals surface area contributed by atoms with Gasteiger partial charge in [0.15, 0.2) is 0 Å². The Morgan fingerprint density at radius 1 is 1.02 bits per heavy atom. The molecule has 0 radical (unpaired) electrons. The van der Waals surface area contributed by atoms with E-state index in [4.69, 9.17) is 10.8 Å². The van der Waals surface area contributed by atoms with E-state index >= 15 is 0 Å². The van der Waals surface area contributed by atoms with Crippen LogP contribution in [0.1, 0.15) is 73.0 Å². The number of amides is 2. The highest BCUT2D eigenvalue weighted by Gasteiger charge is 2.34. The Labute approximate surface area is 232 Å². The smallest absolute Gasteiger partial charge is 0.256 e. The predicted octanol–water partition coefficient (Wildman–Crippen LogP) is 4.00. The quantitative estimate of drug-likeness (QED) is 0.336. The van der Waals surface area contributed by atoms with Gasteiger partial charge in [-0.2, -0.15) is 5.10 Å². The number of benzene rings is 1. The Balaban J connectivity index is 1.28.